The van der Waals surface area contributed by atoms with E-state index in [2.05, 4.69) is 42.4 Å². The highest BCUT2D eigenvalue weighted by molar-refractivity contribution is 7.09. The summed E-state index contributed by atoms with van der Waals surface area (Å²) in [5, 5.41) is 5.99. The largest absolute Gasteiger partial charge is 0.354 e. The molecule has 0 radical (unpaired) electrons. The smallest absolute Gasteiger partial charge is 0.258 e. The molecule has 0 saturated carbocycles. The molecule has 0 atom stereocenters. The van der Waals surface area contributed by atoms with Crippen LogP contribution in [0.2, 0.25) is 0 Å². The first-order valence-electron chi connectivity index (χ1n) is 8.04. The summed E-state index contributed by atoms with van der Waals surface area (Å²) in [6, 6.07) is 8.25. The van der Waals surface area contributed by atoms with Crippen LogP contribution in [0.3, 0.4) is 0 Å². The van der Waals surface area contributed by atoms with Crippen LogP contribution < -0.4 is 4.90 Å². The predicted octanol–water partition coefficient (Wildman–Crippen LogP) is 2.82. The van der Waals surface area contributed by atoms with Gasteiger partial charge in [-0.15, -0.1) is 11.3 Å². The molecule has 24 heavy (non-hydrogen) atoms. The molecular weight excluding hydrogens is 322 g/mol. The van der Waals surface area contributed by atoms with E-state index in [1.807, 2.05) is 36.6 Å². The van der Waals surface area contributed by atoms with E-state index in [4.69, 9.17) is 4.52 Å². The van der Waals surface area contributed by atoms with Gasteiger partial charge in [-0.2, -0.15) is 4.98 Å². The molecule has 4 heterocycles. The third kappa shape index (κ3) is 3.32. The second-order valence-corrected chi connectivity index (χ2v) is 6.92. The Balaban J connectivity index is 1.42. The number of anilines is 1. The predicted molar refractivity (Wildman–Crippen MR) is 94.1 cm³/mol. The molecule has 0 bridgehead atoms. The fourth-order valence-electron chi connectivity index (χ4n) is 2.90. The molecule has 0 amide bonds. The number of hydrogen-bond acceptors (Lipinski definition) is 7. The van der Waals surface area contributed by atoms with Crippen LogP contribution >= 0.6 is 11.3 Å². The van der Waals surface area contributed by atoms with Crippen molar-refractivity contribution in [3.05, 3.63) is 46.5 Å². The van der Waals surface area contributed by atoms with E-state index in [9.17, 15) is 0 Å². The van der Waals surface area contributed by atoms with Crippen molar-refractivity contribution in [3.63, 3.8) is 0 Å². The quantitative estimate of drug-likeness (QED) is 0.727. The Kier molecular flexibility index (Phi) is 4.27. The molecule has 1 fully saturated rings. The summed E-state index contributed by atoms with van der Waals surface area (Å²) in [6.07, 6.45) is 1.81. The van der Waals surface area contributed by atoms with Crippen LogP contribution in [0.25, 0.3) is 11.5 Å². The molecule has 0 unspecified atom stereocenters. The van der Waals surface area contributed by atoms with E-state index in [0.29, 0.717) is 11.7 Å². The summed E-state index contributed by atoms with van der Waals surface area (Å²) in [7, 11) is 0. The van der Waals surface area contributed by atoms with Crippen molar-refractivity contribution in [2.45, 2.75) is 13.5 Å². The molecule has 0 aliphatic carbocycles. The van der Waals surface area contributed by atoms with E-state index < -0.39 is 0 Å². The number of piperazine rings is 1. The minimum atomic E-state index is 0.549. The van der Waals surface area contributed by atoms with Gasteiger partial charge in [-0.3, -0.25) is 4.90 Å². The third-order valence-corrected chi connectivity index (χ3v) is 5.04. The van der Waals surface area contributed by atoms with Crippen molar-refractivity contribution in [2.75, 3.05) is 31.1 Å². The number of pyridine rings is 1. The molecule has 7 heteroatoms. The second kappa shape index (κ2) is 6.70. The first-order chi connectivity index (χ1) is 11.8. The lowest BCUT2D eigenvalue weighted by Gasteiger charge is -2.35. The van der Waals surface area contributed by atoms with Gasteiger partial charge >= 0.3 is 0 Å². The monoisotopic (exact) mass is 341 g/mol. The minimum absolute atomic E-state index is 0.549. The summed E-state index contributed by atoms with van der Waals surface area (Å²) in [6.45, 7) is 6.91. The average Bonchev–Trinajstić information content (AvgIpc) is 3.27. The van der Waals surface area contributed by atoms with Crippen molar-refractivity contribution >= 4 is 17.2 Å². The maximum atomic E-state index is 5.25. The molecule has 4 rings (SSSR count). The third-order valence-electron chi connectivity index (χ3n) is 4.18. The van der Waals surface area contributed by atoms with Gasteiger partial charge in [-0.05, 0) is 30.5 Å². The highest BCUT2D eigenvalue weighted by Gasteiger charge is 2.19. The van der Waals surface area contributed by atoms with Gasteiger partial charge in [0.05, 0.1) is 0 Å². The highest BCUT2D eigenvalue weighted by atomic mass is 32.1. The van der Waals surface area contributed by atoms with Crippen LogP contribution in [0.15, 0.2) is 40.4 Å². The molecule has 1 saturated heterocycles. The number of rotatable bonds is 4. The topological polar surface area (TPSA) is 58.3 Å². The van der Waals surface area contributed by atoms with Crippen LogP contribution in [0, 0.1) is 6.92 Å². The second-order valence-electron chi connectivity index (χ2n) is 5.89. The fourth-order valence-corrected chi connectivity index (χ4v) is 3.64. The molecule has 0 spiro atoms. The molecular formula is C17H19N5OS. The molecule has 3 aromatic rings. The lowest BCUT2D eigenvalue weighted by molar-refractivity contribution is 0.251. The maximum Gasteiger partial charge on any atom is 0.258 e. The van der Waals surface area contributed by atoms with Crippen molar-refractivity contribution in [3.8, 4) is 11.5 Å². The van der Waals surface area contributed by atoms with Crippen molar-refractivity contribution in [1.82, 2.24) is 20.0 Å². The van der Waals surface area contributed by atoms with E-state index in [1.165, 1.54) is 4.88 Å². The first-order valence-corrected chi connectivity index (χ1v) is 8.92. The SMILES string of the molecule is Cc1noc(-c2ccnc(N3CCN(Cc4cccs4)CC3)c2)n1. The minimum Gasteiger partial charge on any atom is -0.354 e. The molecule has 6 nitrogen and oxygen atoms in total. The standard InChI is InChI=1S/C17H19N5OS/c1-13-19-17(23-20-13)14-4-5-18-16(11-14)22-8-6-21(7-9-22)12-15-3-2-10-24-15/h2-5,10-11H,6-9,12H2,1H3. The van der Waals surface area contributed by atoms with E-state index in [1.54, 1.807) is 0 Å². The van der Waals surface area contributed by atoms with Crippen LogP contribution in [0.1, 0.15) is 10.7 Å². The Bertz CT molecular complexity index is 793. The van der Waals surface area contributed by atoms with Crippen LogP contribution in [0.4, 0.5) is 5.82 Å². The van der Waals surface area contributed by atoms with E-state index >= 15 is 0 Å². The number of aromatic nitrogens is 3. The normalized spacial score (nSPS) is 15.8. The fraction of sp³-hybridized carbons (Fsp3) is 0.353. The molecule has 1 aliphatic heterocycles. The van der Waals surface area contributed by atoms with E-state index in [0.717, 1.165) is 44.1 Å². The molecule has 1 aliphatic rings. The molecule has 0 N–H and O–H groups in total. The van der Waals surface area contributed by atoms with Crippen LogP contribution in [-0.2, 0) is 6.54 Å². The van der Waals surface area contributed by atoms with Crippen molar-refractivity contribution in [2.24, 2.45) is 0 Å². The zero-order valence-electron chi connectivity index (χ0n) is 13.6. The Morgan fingerprint density at radius 3 is 2.79 bits per heavy atom. The van der Waals surface area contributed by atoms with Crippen LogP contribution in [0.5, 0.6) is 0 Å². The number of thiophene rings is 1. The van der Waals surface area contributed by atoms with Gasteiger partial charge in [-0.25, -0.2) is 4.98 Å². The molecule has 3 aromatic heterocycles. The Hall–Kier alpha value is -2.25. The number of hydrogen-bond donors (Lipinski definition) is 0. The summed E-state index contributed by atoms with van der Waals surface area (Å²) >= 11 is 1.82. The van der Waals surface area contributed by atoms with Crippen molar-refractivity contribution in [1.29, 1.82) is 0 Å². The van der Waals surface area contributed by atoms with Crippen molar-refractivity contribution < 1.29 is 4.52 Å². The van der Waals surface area contributed by atoms with Gasteiger partial charge in [0, 0.05) is 49.4 Å². The van der Waals surface area contributed by atoms with Gasteiger partial charge in [0.25, 0.3) is 5.89 Å². The maximum absolute atomic E-state index is 5.25. The molecule has 124 valence electrons. The Morgan fingerprint density at radius 2 is 2.08 bits per heavy atom. The number of aryl methyl sites for hydroxylation is 1. The lowest BCUT2D eigenvalue weighted by atomic mass is 10.2. The molecule has 0 aromatic carbocycles. The van der Waals surface area contributed by atoms with Gasteiger partial charge in [-0.1, -0.05) is 11.2 Å². The summed E-state index contributed by atoms with van der Waals surface area (Å²) in [5.41, 5.74) is 0.918. The Labute approximate surface area is 144 Å². The van der Waals surface area contributed by atoms with Gasteiger partial charge in [0.1, 0.15) is 5.82 Å². The van der Waals surface area contributed by atoms with Crippen LogP contribution in [-0.4, -0.2) is 46.2 Å². The summed E-state index contributed by atoms with van der Waals surface area (Å²) in [5.74, 6) is 2.16. The van der Waals surface area contributed by atoms with Gasteiger partial charge in [0.2, 0.25) is 0 Å². The Morgan fingerprint density at radius 1 is 1.21 bits per heavy atom. The summed E-state index contributed by atoms with van der Waals surface area (Å²) in [4.78, 5) is 15.0. The van der Waals surface area contributed by atoms with Gasteiger partial charge in [0.15, 0.2) is 5.82 Å². The average molecular weight is 341 g/mol. The number of nitrogens with zero attached hydrogens (tertiary/aromatic N) is 5. The zero-order valence-corrected chi connectivity index (χ0v) is 14.4. The zero-order chi connectivity index (χ0) is 16.4. The van der Waals surface area contributed by atoms with E-state index in [-0.39, 0.29) is 0 Å². The highest BCUT2D eigenvalue weighted by Crippen LogP contribution is 2.23. The lowest BCUT2D eigenvalue weighted by Crippen LogP contribution is -2.46. The van der Waals surface area contributed by atoms with Gasteiger partial charge < -0.3 is 9.42 Å². The summed E-state index contributed by atoms with van der Waals surface area (Å²) < 4.78 is 5.25. The first kappa shape index (κ1) is 15.3.